The van der Waals surface area contributed by atoms with Crippen molar-refractivity contribution in [2.75, 3.05) is 18.0 Å². The molecule has 3 aromatic rings. The van der Waals surface area contributed by atoms with Gasteiger partial charge in [-0.1, -0.05) is 59.6 Å². The Bertz CT molecular complexity index is 1200. The van der Waals surface area contributed by atoms with Crippen LogP contribution in [0, 0.1) is 0 Å². The maximum absolute atomic E-state index is 13.4. The zero-order valence-corrected chi connectivity index (χ0v) is 19.8. The number of methoxy groups -OCH3 is 1. The van der Waals surface area contributed by atoms with E-state index in [1.165, 1.54) is 30.3 Å². The molecule has 0 bridgehead atoms. The molecule has 0 aliphatic rings. The number of amides is 1. The fraction of sp³-hybridized carbons (Fsp3) is 0.174. The van der Waals surface area contributed by atoms with Crippen LogP contribution in [0.5, 0.6) is 5.75 Å². The van der Waals surface area contributed by atoms with Gasteiger partial charge in [0, 0.05) is 5.56 Å². The maximum Gasteiger partial charge on any atom is 0.264 e. The SMILES string of the molecule is COc1ccccc1[C@H](C)NC(=O)CN(c1ccc(Cl)c(Cl)c1)S(=O)(=O)c1ccccc1. The predicted molar refractivity (Wildman–Crippen MR) is 127 cm³/mol. The third-order valence-electron chi connectivity index (χ3n) is 4.79. The number of nitrogens with zero attached hydrogens (tertiary/aromatic N) is 1. The minimum atomic E-state index is -4.05. The number of ether oxygens (including phenoxy) is 1. The molecule has 1 atom stereocenters. The van der Waals surface area contributed by atoms with E-state index < -0.39 is 28.5 Å². The number of carbonyl (C=O) groups is 1. The number of carbonyl (C=O) groups excluding carboxylic acids is 1. The van der Waals surface area contributed by atoms with Crippen LogP contribution in [0.2, 0.25) is 10.0 Å². The first-order valence-electron chi connectivity index (χ1n) is 9.69. The minimum Gasteiger partial charge on any atom is -0.496 e. The molecule has 9 heteroatoms. The molecule has 0 aliphatic carbocycles. The first-order chi connectivity index (χ1) is 15.2. The molecule has 0 saturated carbocycles. The molecule has 1 N–H and O–H groups in total. The van der Waals surface area contributed by atoms with E-state index in [4.69, 9.17) is 27.9 Å². The molecule has 6 nitrogen and oxygen atoms in total. The standard InChI is InChI=1S/C23H22Cl2N2O4S/c1-16(19-10-6-7-11-22(19)31-2)26-23(28)15-27(17-12-13-20(24)21(25)14-17)32(29,30)18-8-4-3-5-9-18/h3-14,16H,15H2,1-2H3,(H,26,28)/t16-/m0/s1. The van der Waals surface area contributed by atoms with E-state index in [9.17, 15) is 13.2 Å². The van der Waals surface area contributed by atoms with E-state index in [-0.39, 0.29) is 20.6 Å². The van der Waals surface area contributed by atoms with Crippen LogP contribution in [-0.2, 0) is 14.8 Å². The Kier molecular flexibility index (Phi) is 7.66. The van der Waals surface area contributed by atoms with Gasteiger partial charge in [0.1, 0.15) is 12.3 Å². The van der Waals surface area contributed by atoms with Crippen LogP contribution in [0.3, 0.4) is 0 Å². The lowest BCUT2D eigenvalue weighted by atomic mass is 10.1. The number of anilines is 1. The van der Waals surface area contributed by atoms with Crippen molar-refractivity contribution in [3.05, 3.63) is 88.4 Å². The van der Waals surface area contributed by atoms with E-state index in [0.29, 0.717) is 5.75 Å². The van der Waals surface area contributed by atoms with Gasteiger partial charge in [-0.15, -0.1) is 0 Å². The number of halogens is 2. The number of para-hydroxylation sites is 1. The summed E-state index contributed by atoms with van der Waals surface area (Å²) in [4.78, 5) is 13.0. The van der Waals surface area contributed by atoms with Crippen molar-refractivity contribution in [2.45, 2.75) is 17.9 Å². The Morgan fingerprint density at radius 3 is 2.31 bits per heavy atom. The van der Waals surface area contributed by atoms with E-state index >= 15 is 0 Å². The normalized spacial score (nSPS) is 12.1. The summed E-state index contributed by atoms with van der Waals surface area (Å²) in [6.07, 6.45) is 0. The number of hydrogen-bond donors (Lipinski definition) is 1. The van der Waals surface area contributed by atoms with E-state index in [0.717, 1.165) is 9.87 Å². The highest BCUT2D eigenvalue weighted by Crippen LogP contribution is 2.31. The Morgan fingerprint density at radius 2 is 1.66 bits per heavy atom. The zero-order valence-electron chi connectivity index (χ0n) is 17.5. The molecule has 0 aromatic heterocycles. The maximum atomic E-state index is 13.4. The van der Waals surface area contributed by atoms with Gasteiger partial charge in [-0.25, -0.2) is 8.42 Å². The van der Waals surface area contributed by atoms with Crippen LogP contribution in [0.15, 0.2) is 77.7 Å². The van der Waals surface area contributed by atoms with Crippen molar-refractivity contribution in [3.8, 4) is 5.75 Å². The molecule has 0 spiro atoms. The average Bonchev–Trinajstić information content (AvgIpc) is 2.79. The van der Waals surface area contributed by atoms with Gasteiger partial charge in [0.25, 0.3) is 10.0 Å². The van der Waals surface area contributed by atoms with Crippen molar-refractivity contribution in [3.63, 3.8) is 0 Å². The Balaban J connectivity index is 1.92. The second-order valence-corrected chi connectivity index (χ2v) is 9.63. The monoisotopic (exact) mass is 492 g/mol. The predicted octanol–water partition coefficient (Wildman–Crippen LogP) is 5.07. The number of rotatable bonds is 8. The number of nitrogens with one attached hydrogen (secondary N) is 1. The highest BCUT2D eigenvalue weighted by atomic mass is 35.5. The molecule has 0 radical (unpaired) electrons. The van der Waals surface area contributed by atoms with Crippen molar-refractivity contribution < 1.29 is 17.9 Å². The highest BCUT2D eigenvalue weighted by molar-refractivity contribution is 7.92. The van der Waals surface area contributed by atoms with Crippen molar-refractivity contribution >= 4 is 44.8 Å². The summed E-state index contributed by atoms with van der Waals surface area (Å²) in [7, 11) is -2.50. The fourth-order valence-electron chi connectivity index (χ4n) is 3.19. The van der Waals surface area contributed by atoms with Crippen molar-refractivity contribution in [2.24, 2.45) is 0 Å². The number of sulfonamides is 1. The largest absolute Gasteiger partial charge is 0.496 e. The van der Waals surface area contributed by atoms with Crippen LogP contribution in [-0.4, -0.2) is 28.0 Å². The molecule has 168 valence electrons. The van der Waals surface area contributed by atoms with E-state index in [1.807, 2.05) is 18.2 Å². The Hall–Kier alpha value is -2.74. The number of hydrogen-bond acceptors (Lipinski definition) is 4. The quantitative estimate of drug-likeness (QED) is 0.475. The summed E-state index contributed by atoms with van der Waals surface area (Å²) >= 11 is 12.1. The Labute approximate surface area is 197 Å². The molecule has 3 rings (SSSR count). The lowest BCUT2D eigenvalue weighted by Gasteiger charge is -2.25. The van der Waals surface area contributed by atoms with Gasteiger partial charge in [0.2, 0.25) is 5.91 Å². The van der Waals surface area contributed by atoms with Crippen molar-refractivity contribution in [1.29, 1.82) is 0 Å². The summed E-state index contributed by atoms with van der Waals surface area (Å²) < 4.78 is 33.1. The van der Waals surface area contributed by atoms with Gasteiger partial charge in [-0.2, -0.15) is 0 Å². The van der Waals surface area contributed by atoms with Gasteiger partial charge in [0.05, 0.1) is 33.8 Å². The molecule has 0 aliphatic heterocycles. The molecular weight excluding hydrogens is 471 g/mol. The molecule has 32 heavy (non-hydrogen) atoms. The van der Waals surface area contributed by atoms with Crippen LogP contribution < -0.4 is 14.4 Å². The van der Waals surface area contributed by atoms with Gasteiger partial charge >= 0.3 is 0 Å². The second kappa shape index (κ2) is 10.3. The molecule has 0 fully saturated rings. The molecule has 0 saturated heterocycles. The smallest absolute Gasteiger partial charge is 0.264 e. The minimum absolute atomic E-state index is 0.0525. The van der Waals surface area contributed by atoms with Crippen molar-refractivity contribution in [1.82, 2.24) is 5.32 Å². The Morgan fingerprint density at radius 1 is 1.00 bits per heavy atom. The summed E-state index contributed by atoms with van der Waals surface area (Å²) in [6.45, 7) is 1.35. The first-order valence-corrected chi connectivity index (χ1v) is 11.9. The molecule has 1 amide bonds. The van der Waals surface area contributed by atoms with Gasteiger partial charge in [-0.3, -0.25) is 9.10 Å². The topological polar surface area (TPSA) is 75.7 Å². The first kappa shape index (κ1) is 23.9. The molecule has 0 unspecified atom stereocenters. The molecule has 0 heterocycles. The second-order valence-electron chi connectivity index (χ2n) is 6.95. The zero-order chi connectivity index (χ0) is 23.3. The summed E-state index contributed by atoms with van der Waals surface area (Å²) in [6, 6.07) is 19.2. The third kappa shape index (κ3) is 5.35. The van der Waals surface area contributed by atoms with Crippen LogP contribution in [0.1, 0.15) is 18.5 Å². The number of benzene rings is 3. The average molecular weight is 493 g/mol. The molecule has 3 aromatic carbocycles. The summed E-state index contributed by atoms with van der Waals surface area (Å²) in [5, 5.41) is 3.30. The van der Waals surface area contributed by atoms with Crippen LogP contribution >= 0.6 is 23.2 Å². The van der Waals surface area contributed by atoms with Gasteiger partial charge in [-0.05, 0) is 43.3 Å². The lowest BCUT2D eigenvalue weighted by Crippen LogP contribution is -2.41. The fourth-order valence-corrected chi connectivity index (χ4v) is 4.92. The summed E-state index contributed by atoms with van der Waals surface area (Å²) in [5.74, 6) is 0.132. The third-order valence-corrected chi connectivity index (χ3v) is 7.32. The summed E-state index contributed by atoms with van der Waals surface area (Å²) in [5.41, 5.74) is 0.999. The van der Waals surface area contributed by atoms with Crippen LogP contribution in [0.4, 0.5) is 5.69 Å². The molecular formula is C23H22Cl2N2O4S. The van der Waals surface area contributed by atoms with Crippen LogP contribution in [0.25, 0.3) is 0 Å². The van der Waals surface area contributed by atoms with Gasteiger partial charge in [0.15, 0.2) is 0 Å². The van der Waals surface area contributed by atoms with E-state index in [2.05, 4.69) is 5.32 Å². The lowest BCUT2D eigenvalue weighted by molar-refractivity contribution is -0.120. The highest BCUT2D eigenvalue weighted by Gasteiger charge is 2.28. The van der Waals surface area contributed by atoms with E-state index in [1.54, 1.807) is 38.3 Å². The van der Waals surface area contributed by atoms with Gasteiger partial charge < -0.3 is 10.1 Å².